The minimum atomic E-state index is -1.37. The van der Waals surface area contributed by atoms with Gasteiger partial charge < -0.3 is 14.6 Å². The molecule has 5 nitrogen and oxygen atoms in total. The van der Waals surface area contributed by atoms with Crippen molar-refractivity contribution in [1.29, 1.82) is 0 Å². The highest BCUT2D eigenvalue weighted by molar-refractivity contribution is 5.69. The van der Waals surface area contributed by atoms with E-state index in [2.05, 4.69) is 6.92 Å². The SMILES string of the molecule is CC(=O)OC1(OC(C)=O)C[C@@H]2[C@@H](CCC3CCCC[C@@]32C)[C@@H]2CCC(O)[C@]21C. The summed E-state index contributed by atoms with van der Waals surface area (Å²) in [5.74, 6) is -0.492. The van der Waals surface area contributed by atoms with Crippen LogP contribution in [0.4, 0.5) is 0 Å². The second-order valence-corrected chi connectivity index (χ2v) is 10.4. The van der Waals surface area contributed by atoms with Crippen molar-refractivity contribution in [3.8, 4) is 0 Å². The molecule has 0 radical (unpaired) electrons. The summed E-state index contributed by atoms with van der Waals surface area (Å²) in [7, 11) is 0. The van der Waals surface area contributed by atoms with Gasteiger partial charge in [-0.2, -0.15) is 0 Å². The Morgan fingerprint density at radius 3 is 2.21 bits per heavy atom. The molecular formula is C23H36O5. The first-order valence-electron chi connectivity index (χ1n) is 11.2. The molecule has 4 aliphatic carbocycles. The smallest absolute Gasteiger partial charge is 0.305 e. The molecular weight excluding hydrogens is 356 g/mol. The normalized spacial score (nSPS) is 46.7. The van der Waals surface area contributed by atoms with Gasteiger partial charge in [-0.15, -0.1) is 0 Å². The summed E-state index contributed by atoms with van der Waals surface area (Å²) < 4.78 is 11.8. The fourth-order valence-electron chi connectivity index (χ4n) is 8.02. The van der Waals surface area contributed by atoms with Crippen molar-refractivity contribution in [2.24, 2.45) is 34.5 Å². The fourth-order valence-corrected chi connectivity index (χ4v) is 8.02. The quantitative estimate of drug-likeness (QED) is 0.563. The van der Waals surface area contributed by atoms with Crippen LogP contribution in [0.2, 0.25) is 0 Å². The number of rotatable bonds is 2. The van der Waals surface area contributed by atoms with E-state index in [0.29, 0.717) is 30.6 Å². The third-order valence-electron chi connectivity index (χ3n) is 9.32. The van der Waals surface area contributed by atoms with E-state index in [0.717, 1.165) is 6.42 Å². The third-order valence-corrected chi connectivity index (χ3v) is 9.32. The summed E-state index contributed by atoms with van der Waals surface area (Å²) in [5.41, 5.74) is -0.551. The first kappa shape index (κ1) is 20.2. The standard InChI is InChI=1S/C23H36O5/c1-14(24)27-23(28-15(2)25)13-19-17(18-10-11-20(26)22(18,23)4)9-8-16-7-5-6-12-21(16,19)3/h16-20,26H,5-13H2,1-4H3/t16?,17-,18-,19+,20?,21-,22-/m0/s1. The van der Waals surface area contributed by atoms with Gasteiger partial charge in [0.15, 0.2) is 0 Å². The van der Waals surface area contributed by atoms with Crippen LogP contribution in [0, 0.1) is 34.5 Å². The Bertz CT molecular complexity index is 643. The second kappa shape index (κ2) is 6.72. The Balaban J connectivity index is 1.82. The Labute approximate surface area is 168 Å². The van der Waals surface area contributed by atoms with Crippen LogP contribution >= 0.6 is 0 Å². The molecule has 2 unspecified atom stereocenters. The maximum atomic E-state index is 12.2. The first-order chi connectivity index (χ1) is 13.1. The van der Waals surface area contributed by atoms with Crippen LogP contribution in [0.25, 0.3) is 0 Å². The first-order valence-corrected chi connectivity index (χ1v) is 11.2. The summed E-state index contributed by atoms with van der Waals surface area (Å²) in [6, 6.07) is 0. The van der Waals surface area contributed by atoms with Crippen molar-refractivity contribution in [2.75, 3.05) is 0 Å². The van der Waals surface area contributed by atoms with E-state index in [-0.39, 0.29) is 11.3 Å². The molecule has 5 heteroatoms. The van der Waals surface area contributed by atoms with E-state index in [1.54, 1.807) is 0 Å². The van der Waals surface area contributed by atoms with Gasteiger partial charge in [0.25, 0.3) is 5.79 Å². The van der Waals surface area contributed by atoms with Crippen molar-refractivity contribution in [3.63, 3.8) is 0 Å². The predicted molar refractivity (Wildman–Crippen MR) is 104 cm³/mol. The minimum Gasteiger partial charge on any atom is -0.422 e. The average molecular weight is 393 g/mol. The molecule has 0 aromatic rings. The van der Waals surface area contributed by atoms with Crippen molar-refractivity contribution in [1.82, 2.24) is 0 Å². The van der Waals surface area contributed by atoms with E-state index in [1.807, 2.05) is 6.92 Å². The van der Waals surface area contributed by atoms with Gasteiger partial charge in [0.05, 0.1) is 11.5 Å². The summed E-state index contributed by atoms with van der Waals surface area (Å²) in [6.07, 6.45) is 8.93. The molecule has 158 valence electrons. The number of ether oxygens (including phenoxy) is 2. The summed E-state index contributed by atoms with van der Waals surface area (Å²) in [5, 5.41) is 11.0. The Morgan fingerprint density at radius 1 is 0.893 bits per heavy atom. The van der Waals surface area contributed by atoms with Gasteiger partial charge in [-0.1, -0.05) is 19.8 Å². The summed E-state index contributed by atoms with van der Waals surface area (Å²) in [6.45, 7) is 7.17. The summed E-state index contributed by atoms with van der Waals surface area (Å²) in [4.78, 5) is 24.3. The van der Waals surface area contributed by atoms with E-state index in [1.165, 1.54) is 52.4 Å². The lowest BCUT2D eigenvalue weighted by molar-refractivity contribution is -0.329. The zero-order valence-corrected chi connectivity index (χ0v) is 17.8. The number of carbonyl (C=O) groups is 2. The van der Waals surface area contributed by atoms with Gasteiger partial charge in [-0.05, 0) is 74.5 Å². The van der Waals surface area contributed by atoms with Gasteiger partial charge in [0.1, 0.15) is 0 Å². The maximum absolute atomic E-state index is 12.2. The molecule has 0 bridgehead atoms. The lowest BCUT2D eigenvalue weighted by Gasteiger charge is -2.64. The molecule has 4 fully saturated rings. The van der Waals surface area contributed by atoms with Crippen molar-refractivity contribution >= 4 is 11.9 Å². The lowest BCUT2D eigenvalue weighted by Crippen LogP contribution is -2.67. The second-order valence-electron chi connectivity index (χ2n) is 10.4. The molecule has 0 heterocycles. The van der Waals surface area contributed by atoms with E-state index < -0.39 is 29.2 Å². The molecule has 7 atom stereocenters. The number of aliphatic hydroxyl groups excluding tert-OH is 1. The largest absolute Gasteiger partial charge is 0.422 e. The van der Waals surface area contributed by atoms with Crippen LogP contribution in [0.5, 0.6) is 0 Å². The highest BCUT2D eigenvalue weighted by Crippen LogP contribution is 2.69. The molecule has 0 amide bonds. The molecule has 4 saturated carbocycles. The molecule has 1 N–H and O–H groups in total. The van der Waals surface area contributed by atoms with Crippen LogP contribution < -0.4 is 0 Å². The molecule has 0 aliphatic heterocycles. The van der Waals surface area contributed by atoms with E-state index in [9.17, 15) is 14.7 Å². The monoisotopic (exact) mass is 392 g/mol. The average Bonchev–Trinajstić information content (AvgIpc) is 2.91. The topological polar surface area (TPSA) is 72.8 Å². The van der Waals surface area contributed by atoms with Crippen LogP contribution in [-0.2, 0) is 19.1 Å². The van der Waals surface area contributed by atoms with Crippen LogP contribution in [0.15, 0.2) is 0 Å². The molecule has 0 saturated heterocycles. The highest BCUT2D eigenvalue weighted by atomic mass is 16.7. The Hall–Kier alpha value is -1.10. The predicted octanol–water partition coefficient (Wildman–Crippen LogP) is 4.21. The van der Waals surface area contributed by atoms with E-state index >= 15 is 0 Å². The summed E-state index contributed by atoms with van der Waals surface area (Å²) >= 11 is 0. The van der Waals surface area contributed by atoms with Crippen LogP contribution in [0.3, 0.4) is 0 Å². The van der Waals surface area contributed by atoms with Crippen molar-refractivity contribution < 1.29 is 24.2 Å². The number of hydrogen-bond donors (Lipinski definition) is 1. The minimum absolute atomic E-state index is 0.196. The number of aliphatic hydroxyl groups is 1. The van der Waals surface area contributed by atoms with Gasteiger partial charge in [0, 0.05) is 20.3 Å². The number of fused-ring (bicyclic) bond motifs is 5. The lowest BCUT2D eigenvalue weighted by atomic mass is 9.44. The van der Waals surface area contributed by atoms with E-state index in [4.69, 9.17) is 9.47 Å². The van der Waals surface area contributed by atoms with Gasteiger partial charge in [-0.3, -0.25) is 9.59 Å². The molecule has 4 rings (SSSR count). The van der Waals surface area contributed by atoms with Gasteiger partial charge in [0.2, 0.25) is 0 Å². The van der Waals surface area contributed by atoms with Crippen molar-refractivity contribution in [2.45, 2.75) is 97.4 Å². The molecule has 4 aliphatic rings. The molecule has 0 spiro atoms. The zero-order chi connectivity index (χ0) is 20.3. The van der Waals surface area contributed by atoms with Crippen molar-refractivity contribution in [3.05, 3.63) is 0 Å². The molecule has 0 aromatic carbocycles. The number of hydrogen-bond acceptors (Lipinski definition) is 5. The zero-order valence-electron chi connectivity index (χ0n) is 17.8. The Kier molecular flexibility index (Phi) is 4.84. The Morgan fingerprint density at radius 2 is 1.57 bits per heavy atom. The van der Waals surface area contributed by atoms with Crippen LogP contribution in [0.1, 0.15) is 85.5 Å². The number of esters is 2. The third kappa shape index (κ3) is 2.68. The molecule has 0 aromatic heterocycles. The molecule has 28 heavy (non-hydrogen) atoms. The van der Waals surface area contributed by atoms with Gasteiger partial charge in [-0.25, -0.2) is 0 Å². The van der Waals surface area contributed by atoms with Crippen LogP contribution in [-0.4, -0.2) is 28.9 Å². The van der Waals surface area contributed by atoms with Gasteiger partial charge >= 0.3 is 11.9 Å². The fraction of sp³-hybridized carbons (Fsp3) is 0.913. The number of carbonyl (C=O) groups excluding carboxylic acids is 2. The maximum Gasteiger partial charge on any atom is 0.305 e. The highest BCUT2D eigenvalue weighted by Gasteiger charge is 2.72.